The van der Waals surface area contributed by atoms with E-state index >= 15 is 0 Å². The number of pyridine rings is 1. The first-order valence-corrected chi connectivity index (χ1v) is 7.48. The Hall–Kier alpha value is -2.11. The van der Waals surface area contributed by atoms with E-state index < -0.39 is 5.60 Å². The molecule has 1 aliphatic rings. The fourth-order valence-electron chi connectivity index (χ4n) is 2.39. The number of aromatic nitrogens is 1. The second-order valence-corrected chi connectivity index (χ2v) is 6.49. The van der Waals surface area contributed by atoms with E-state index in [1.54, 1.807) is 34.2 Å². The molecule has 2 heterocycles. The quantitative estimate of drug-likeness (QED) is 0.797. The van der Waals surface area contributed by atoms with E-state index in [1.807, 2.05) is 27.7 Å². The lowest BCUT2D eigenvalue weighted by Gasteiger charge is -2.40. The maximum Gasteiger partial charge on any atom is 0.410 e. The molecule has 1 aliphatic heterocycles. The highest BCUT2D eigenvalue weighted by molar-refractivity contribution is 5.92. The van der Waals surface area contributed by atoms with Crippen LogP contribution in [0.2, 0.25) is 0 Å². The van der Waals surface area contributed by atoms with E-state index in [0.717, 1.165) is 0 Å². The maximum absolute atomic E-state index is 12.4. The summed E-state index contributed by atoms with van der Waals surface area (Å²) in [6.45, 7) is 8.88. The van der Waals surface area contributed by atoms with Crippen molar-refractivity contribution in [1.82, 2.24) is 14.8 Å². The van der Waals surface area contributed by atoms with Gasteiger partial charge in [0, 0.05) is 31.9 Å². The molecule has 2 rings (SSSR count). The smallest absolute Gasteiger partial charge is 0.410 e. The van der Waals surface area contributed by atoms with Crippen molar-refractivity contribution in [3.8, 4) is 0 Å². The third-order valence-electron chi connectivity index (χ3n) is 3.43. The van der Waals surface area contributed by atoms with Crippen LogP contribution in [0, 0.1) is 0 Å². The van der Waals surface area contributed by atoms with Gasteiger partial charge in [-0.25, -0.2) is 4.79 Å². The number of piperazine rings is 1. The summed E-state index contributed by atoms with van der Waals surface area (Å²) in [5.74, 6) is -0.101. The van der Waals surface area contributed by atoms with Crippen LogP contribution in [0.1, 0.15) is 38.2 Å². The molecule has 0 saturated carbocycles. The second-order valence-electron chi connectivity index (χ2n) is 6.49. The molecule has 0 unspecified atom stereocenters. The van der Waals surface area contributed by atoms with Gasteiger partial charge < -0.3 is 14.5 Å². The Morgan fingerprint density at radius 1 is 1.27 bits per heavy atom. The van der Waals surface area contributed by atoms with Gasteiger partial charge in [0.15, 0.2) is 0 Å². The number of rotatable bonds is 1. The lowest BCUT2D eigenvalue weighted by atomic mass is 10.1. The average Bonchev–Trinajstić information content (AvgIpc) is 2.45. The maximum atomic E-state index is 12.4. The molecule has 2 amide bonds. The van der Waals surface area contributed by atoms with E-state index in [0.29, 0.717) is 25.3 Å². The predicted molar refractivity (Wildman–Crippen MR) is 82.5 cm³/mol. The second kappa shape index (κ2) is 6.34. The van der Waals surface area contributed by atoms with E-state index in [-0.39, 0.29) is 18.0 Å². The van der Waals surface area contributed by atoms with E-state index in [1.165, 1.54) is 0 Å². The van der Waals surface area contributed by atoms with Crippen LogP contribution in [0.3, 0.4) is 0 Å². The van der Waals surface area contributed by atoms with E-state index in [4.69, 9.17) is 4.74 Å². The first-order valence-electron chi connectivity index (χ1n) is 7.48. The van der Waals surface area contributed by atoms with Gasteiger partial charge in [0.1, 0.15) is 11.3 Å². The zero-order valence-corrected chi connectivity index (χ0v) is 13.6. The Morgan fingerprint density at radius 3 is 2.55 bits per heavy atom. The number of hydrogen-bond acceptors (Lipinski definition) is 4. The number of amides is 2. The number of carbonyl (C=O) groups is 2. The number of carbonyl (C=O) groups excluding carboxylic acids is 2. The van der Waals surface area contributed by atoms with Crippen LogP contribution in [0.4, 0.5) is 4.79 Å². The fourth-order valence-corrected chi connectivity index (χ4v) is 2.39. The molecule has 1 fully saturated rings. The molecule has 0 bridgehead atoms. The molecule has 0 aliphatic carbocycles. The molecule has 1 atom stereocenters. The van der Waals surface area contributed by atoms with Crippen molar-refractivity contribution in [3.05, 3.63) is 30.1 Å². The monoisotopic (exact) mass is 305 g/mol. The van der Waals surface area contributed by atoms with Gasteiger partial charge in [-0.15, -0.1) is 0 Å². The largest absolute Gasteiger partial charge is 0.444 e. The molecule has 22 heavy (non-hydrogen) atoms. The molecule has 6 heteroatoms. The Kier molecular flexibility index (Phi) is 4.68. The van der Waals surface area contributed by atoms with Crippen LogP contribution >= 0.6 is 0 Å². The summed E-state index contributed by atoms with van der Waals surface area (Å²) >= 11 is 0. The topological polar surface area (TPSA) is 62.7 Å². The zero-order valence-electron chi connectivity index (χ0n) is 13.6. The summed E-state index contributed by atoms with van der Waals surface area (Å²) in [7, 11) is 0. The normalized spacial score (nSPS) is 19.0. The lowest BCUT2D eigenvalue weighted by Crippen LogP contribution is -2.56. The molecule has 1 saturated heterocycles. The molecule has 0 radical (unpaired) electrons. The van der Waals surface area contributed by atoms with Crippen molar-refractivity contribution in [2.75, 3.05) is 19.6 Å². The third-order valence-corrected chi connectivity index (χ3v) is 3.43. The molecular weight excluding hydrogens is 282 g/mol. The molecule has 0 N–H and O–H groups in total. The van der Waals surface area contributed by atoms with Crippen molar-refractivity contribution in [2.45, 2.75) is 39.3 Å². The van der Waals surface area contributed by atoms with Gasteiger partial charge in [-0.05, 0) is 39.8 Å². The summed E-state index contributed by atoms with van der Waals surface area (Å²) in [5, 5.41) is 0. The van der Waals surface area contributed by atoms with Crippen molar-refractivity contribution in [2.24, 2.45) is 0 Å². The van der Waals surface area contributed by atoms with Crippen LogP contribution in [0.25, 0.3) is 0 Å². The minimum Gasteiger partial charge on any atom is -0.444 e. The van der Waals surface area contributed by atoms with Crippen LogP contribution in [-0.4, -0.2) is 58.1 Å². The standard InChI is InChI=1S/C16H23N3O3/c1-12-11-18(14(20)13-7-5-6-8-17-13)9-10-19(12)15(21)22-16(2,3)4/h5-8,12H,9-11H2,1-4H3/t12-/m1/s1. The van der Waals surface area contributed by atoms with Crippen molar-refractivity contribution in [3.63, 3.8) is 0 Å². The highest BCUT2D eigenvalue weighted by Gasteiger charge is 2.32. The zero-order chi connectivity index (χ0) is 16.3. The van der Waals surface area contributed by atoms with Gasteiger partial charge in [0.05, 0.1) is 0 Å². The van der Waals surface area contributed by atoms with Crippen LogP contribution < -0.4 is 0 Å². The first-order chi connectivity index (χ1) is 10.3. The third kappa shape index (κ3) is 3.96. The summed E-state index contributed by atoms with van der Waals surface area (Å²) in [6.07, 6.45) is 1.28. The Bertz CT molecular complexity index is 539. The molecule has 1 aromatic rings. The molecule has 0 aromatic carbocycles. The van der Waals surface area contributed by atoms with Crippen molar-refractivity contribution < 1.29 is 14.3 Å². The number of hydrogen-bond donors (Lipinski definition) is 0. The van der Waals surface area contributed by atoms with Gasteiger partial charge in [-0.1, -0.05) is 6.07 Å². The molecular formula is C16H23N3O3. The Morgan fingerprint density at radius 2 is 2.00 bits per heavy atom. The highest BCUT2D eigenvalue weighted by Crippen LogP contribution is 2.16. The Balaban J connectivity index is 1.98. The minimum absolute atomic E-state index is 0.0868. The molecule has 120 valence electrons. The minimum atomic E-state index is -0.516. The van der Waals surface area contributed by atoms with Gasteiger partial charge in [-0.2, -0.15) is 0 Å². The summed E-state index contributed by atoms with van der Waals surface area (Å²) in [4.78, 5) is 32.0. The van der Waals surface area contributed by atoms with Crippen molar-refractivity contribution in [1.29, 1.82) is 0 Å². The van der Waals surface area contributed by atoms with Gasteiger partial charge >= 0.3 is 6.09 Å². The number of nitrogens with zero attached hydrogens (tertiary/aromatic N) is 3. The summed E-state index contributed by atoms with van der Waals surface area (Å²) < 4.78 is 5.40. The molecule has 0 spiro atoms. The van der Waals surface area contributed by atoms with Gasteiger partial charge in [0.2, 0.25) is 0 Å². The first kappa shape index (κ1) is 16.3. The van der Waals surface area contributed by atoms with E-state index in [2.05, 4.69) is 4.98 Å². The van der Waals surface area contributed by atoms with E-state index in [9.17, 15) is 9.59 Å². The Labute approximate surface area is 131 Å². The van der Waals surface area contributed by atoms with Crippen molar-refractivity contribution >= 4 is 12.0 Å². The molecule has 6 nitrogen and oxygen atoms in total. The van der Waals surface area contributed by atoms with Crippen LogP contribution in [-0.2, 0) is 4.74 Å². The molecule has 1 aromatic heterocycles. The van der Waals surface area contributed by atoms with Gasteiger partial charge in [-0.3, -0.25) is 9.78 Å². The lowest BCUT2D eigenvalue weighted by molar-refractivity contribution is 0.00190. The fraction of sp³-hybridized carbons (Fsp3) is 0.562. The SMILES string of the molecule is C[C@@H]1CN(C(=O)c2ccccn2)CCN1C(=O)OC(C)(C)C. The van der Waals surface area contributed by atoms with Crippen LogP contribution in [0.5, 0.6) is 0 Å². The number of ether oxygens (including phenoxy) is 1. The summed E-state index contributed by atoms with van der Waals surface area (Å²) in [6, 6.07) is 5.18. The predicted octanol–water partition coefficient (Wildman–Crippen LogP) is 2.16. The highest BCUT2D eigenvalue weighted by atomic mass is 16.6. The van der Waals surface area contributed by atoms with Gasteiger partial charge in [0.25, 0.3) is 5.91 Å². The average molecular weight is 305 g/mol. The summed E-state index contributed by atoms with van der Waals surface area (Å²) in [5.41, 5.74) is -0.0852. The van der Waals surface area contributed by atoms with Crippen LogP contribution in [0.15, 0.2) is 24.4 Å².